The number of likely N-dealkylation sites (tertiary alicyclic amines) is 1. The molecule has 0 amide bonds. The quantitative estimate of drug-likeness (QED) is 0.644. The second kappa shape index (κ2) is 7.01. The summed E-state index contributed by atoms with van der Waals surface area (Å²) in [6, 6.07) is 0. The van der Waals surface area contributed by atoms with Crippen LogP contribution in [0, 0.1) is 5.41 Å². The summed E-state index contributed by atoms with van der Waals surface area (Å²) >= 11 is 1.61. The van der Waals surface area contributed by atoms with Gasteiger partial charge in [0, 0.05) is 0 Å². The van der Waals surface area contributed by atoms with Crippen LogP contribution < -0.4 is 5.73 Å². The first-order valence-electron chi connectivity index (χ1n) is 7.26. The zero-order chi connectivity index (χ0) is 13.7. The van der Waals surface area contributed by atoms with Gasteiger partial charge in [-0.2, -0.15) is 0 Å². The number of nitrogen functional groups attached to an aromatic ring is 1. The molecule has 0 aliphatic carbocycles. The van der Waals surface area contributed by atoms with Crippen molar-refractivity contribution in [1.29, 1.82) is 5.41 Å². The van der Waals surface area contributed by atoms with Crippen LogP contribution in [0.25, 0.3) is 0 Å². The maximum absolute atomic E-state index is 7.66. The number of nitrogens with zero attached hydrogens (tertiary/aromatic N) is 2. The molecule has 5 heteroatoms. The normalized spacial score (nSPS) is 17.3. The molecular weight excluding hydrogens is 256 g/mol. The van der Waals surface area contributed by atoms with E-state index in [1.165, 1.54) is 38.8 Å². The van der Waals surface area contributed by atoms with Gasteiger partial charge in [0.15, 0.2) is 0 Å². The van der Waals surface area contributed by atoms with Crippen LogP contribution >= 0.6 is 11.3 Å². The fourth-order valence-electron chi connectivity index (χ4n) is 2.57. The highest BCUT2D eigenvalue weighted by Crippen LogP contribution is 2.22. The van der Waals surface area contributed by atoms with Gasteiger partial charge in [-0.05, 0) is 32.4 Å². The third-order valence-electron chi connectivity index (χ3n) is 3.53. The number of aryl methyl sites for hydroxylation is 1. The van der Waals surface area contributed by atoms with Crippen molar-refractivity contribution in [3.8, 4) is 0 Å². The first-order valence-corrected chi connectivity index (χ1v) is 8.07. The molecule has 2 heterocycles. The molecule has 1 saturated heterocycles. The third-order valence-corrected chi connectivity index (χ3v) is 4.65. The summed E-state index contributed by atoms with van der Waals surface area (Å²) in [5.74, 6) is 0.170. The highest BCUT2D eigenvalue weighted by atomic mass is 32.1. The van der Waals surface area contributed by atoms with Crippen LogP contribution in [0.15, 0.2) is 0 Å². The van der Waals surface area contributed by atoms with Gasteiger partial charge in [-0.15, -0.1) is 11.3 Å². The van der Waals surface area contributed by atoms with Crippen LogP contribution in [0.1, 0.15) is 54.6 Å². The lowest BCUT2D eigenvalue weighted by atomic mass is 10.2. The van der Waals surface area contributed by atoms with Crippen molar-refractivity contribution < 1.29 is 0 Å². The van der Waals surface area contributed by atoms with E-state index in [4.69, 9.17) is 16.1 Å². The molecule has 0 atom stereocenters. The van der Waals surface area contributed by atoms with Crippen molar-refractivity contribution in [3.05, 3.63) is 15.6 Å². The van der Waals surface area contributed by atoms with E-state index in [2.05, 4.69) is 11.8 Å². The Hall–Kier alpha value is -0.940. The van der Waals surface area contributed by atoms with Crippen molar-refractivity contribution in [2.75, 3.05) is 13.1 Å². The molecule has 1 aliphatic rings. The number of amidine groups is 1. The summed E-state index contributed by atoms with van der Waals surface area (Å²) in [7, 11) is 0. The standard InChI is InChI=1S/C14H24N4S/c1-2-7-11-13(14(15)16)19-12(17-11)10-18-8-5-3-4-6-9-18/h2-10H2,1H3,(H3,15,16). The number of aromatic nitrogens is 1. The van der Waals surface area contributed by atoms with Crippen LogP contribution in [0.4, 0.5) is 0 Å². The molecule has 4 nitrogen and oxygen atoms in total. The molecule has 0 bridgehead atoms. The van der Waals surface area contributed by atoms with Crippen molar-refractivity contribution in [2.24, 2.45) is 5.73 Å². The Bertz CT molecular complexity index is 419. The summed E-state index contributed by atoms with van der Waals surface area (Å²) in [6.07, 6.45) is 7.28. The smallest absolute Gasteiger partial charge is 0.135 e. The van der Waals surface area contributed by atoms with Gasteiger partial charge in [0.25, 0.3) is 0 Å². The molecule has 2 rings (SSSR count). The van der Waals surface area contributed by atoms with Crippen LogP contribution in [-0.2, 0) is 13.0 Å². The molecule has 106 valence electrons. The number of nitrogens with two attached hydrogens (primary N) is 1. The summed E-state index contributed by atoms with van der Waals surface area (Å²) in [5, 5.41) is 8.78. The minimum Gasteiger partial charge on any atom is -0.383 e. The zero-order valence-electron chi connectivity index (χ0n) is 11.7. The predicted molar refractivity (Wildman–Crippen MR) is 80.9 cm³/mol. The van der Waals surface area contributed by atoms with Crippen LogP contribution in [0.5, 0.6) is 0 Å². The van der Waals surface area contributed by atoms with E-state index in [0.717, 1.165) is 35.0 Å². The Labute approximate surface area is 119 Å². The molecule has 3 N–H and O–H groups in total. The van der Waals surface area contributed by atoms with Gasteiger partial charge < -0.3 is 5.73 Å². The maximum atomic E-state index is 7.66. The third kappa shape index (κ3) is 4.01. The SMILES string of the molecule is CCCc1nc(CN2CCCCCC2)sc1C(=N)N. The zero-order valence-corrected chi connectivity index (χ0v) is 12.6. The Balaban J connectivity index is 2.06. The topological polar surface area (TPSA) is 66.0 Å². The molecule has 0 unspecified atom stereocenters. The molecular formula is C14H24N4S. The summed E-state index contributed by atoms with van der Waals surface area (Å²) in [4.78, 5) is 8.07. The lowest BCUT2D eigenvalue weighted by molar-refractivity contribution is 0.276. The lowest BCUT2D eigenvalue weighted by Gasteiger charge is -2.17. The van der Waals surface area contributed by atoms with Crippen LogP contribution in [-0.4, -0.2) is 28.8 Å². The van der Waals surface area contributed by atoms with Crippen molar-refractivity contribution in [2.45, 2.75) is 52.0 Å². The van der Waals surface area contributed by atoms with Crippen molar-refractivity contribution >= 4 is 17.2 Å². The molecule has 1 aromatic rings. The van der Waals surface area contributed by atoms with Crippen LogP contribution in [0.2, 0.25) is 0 Å². The number of thiazole rings is 1. The molecule has 1 fully saturated rings. The summed E-state index contributed by atoms with van der Waals surface area (Å²) in [6.45, 7) is 5.42. The van der Waals surface area contributed by atoms with E-state index >= 15 is 0 Å². The van der Waals surface area contributed by atoms with Crippen molar-refractivity contribution in [3.63, 3.8) is 0 Å². The van der Waals surface area contributed by atoms with E-state index in [9.17, 15) is 0 Å². The minimum absolute atomic E-state index is 0.170. The van der Waals surface area contributed by atoms with Gasteiger partial charge in [0.05, 0.1) is 17.1 Å². The Morgan fingerprint density at radius 1 is 1.32 bits per heavy atom. The highest BCUT2D eigenvalue weighted by molar-refractivity contribution is 7.13. The van der Waals surface area contributed by atoms with Gasteiger partial charge in [0.2, 0.25) is 0 Å². The molecule has 0 spiro atoms. The second-order valence-corrected chi connectivity index (χ2v) is 6.32. The number of hydrogen-bond acceptors (Lipinski definition) is 4. The fraction of sp³-hybridized carbons (Fsp3) is 0.714. The first-order chi connectivity index (χ1) is 9.20. The summed E-state index contributed by atoms with van der Waals surface area (Å²) in [5.41, 5.74) is 6.67. The average Bonchev–Trinajstić information content (AvgIpc) is 2.59. The van der Waals surface area contributed by atoms with Crippen LogP contribution in [0.3, 0.4) is 0 Å². The molecule has 0 aromatic carbocycles. The lowest BCUT2D eigenvalue weighted by Crippen LogP contribution is -2.23. The predicted octanol–water partition coefficient (Wildman–Crippen LogP) is 2.76. The molecule has 0 radical (unpaired) electrons. The summed E-state index contributed by atoms with van der Waals surface area (Å²) < 4.78 is 0. The van der Waals surface area contributed by atoms with Gasteiger partial charge in [-0.1, -0.05) is 26.2 Å². The van der Waals surface area contributed by atoms with Gasteiger partial charge in [-0.3, -0.25) is 10.3 Å². The van der Waals surface area contributed by atoms with Gasteiger partial charge in [-0.25, -0.2) is 4.98 Å². The molecule has 1 aromatic heterocycles. The monoisotopic (exact) mass is 280 g/mol. The van der Waals surface area contributed by atoms with E-state index in [1.807, 2.05) is 0 Å². The highest BCUT2D eigenvalue weighted by Gasteiger charge is 2.16. The van der Waals surface area contributed by atoms with Gasteiger partial charge >= 0.3 is 0 Å². The average molecular weight is 280 g/mol. The van der Waals surface area contributed by atoms with Crippen molar-refractivity contribution in [1.82, 2.24) is 9.88 Å². The minimum atomic E-state index is 0.170. The molecule has 0 saturated carbocycles. The largest absolute Gasteiger partial charge is 0.383 e. The first kappa shape index (κ1) is 14.5. The fourth-order valence-corrected chi connectivity index (χ4v) is 3.58. The van der Waals surface area contributed by atoms with E-state index in [-0.39, 0.29) is 5.84 Å². The van der Waals surface area contributed by atoms with E-state index in [1.54, 1.807) is 11.3 Å². The number of hydrogen-bond donors (Lipinski definition) is 2. The van der Waals surface area contributed by atoms with Gasteiger partial charge in [0.1, 0.15) is 10.8 Å². The Kier molecular flexibility index (Phi) is 5.34. The second-order valence-electron chi connectivity index (χ2n) is 5.24. The molecule has 19 heavy (non-hydrogen) atoms. The number of nitrogens with one attached hydrogen (secondary N) is 1. The van der Waals surface area contributed by atoms with E-state index < -0.39 is 0 Å². The maximum Gasteiger partial charge on any atom is 0.135 e. The van der Waals surface area contributed by atoms with E-state index in [0.29, 0.717) is 0 Å². The Morgan fingerprint density at radius 3 is 2.58 bits per heavy atom. The Morgan fingerprint density at radius 2 is 2.00 bits per heavy atom. The molecule has 1 aliphatic heterocycles. The number of rotatable bonds is 5.